The first kappa shape index (κ1) is 17.1. The van der Waals surface area contributed by atoms with Crippen LogP contribution in [0, 0.1) is 0 Å². The lowest BCUT2D eigenvalue weighted by molar-refractivity contribution is 0.184. The molecule has 0 aromatic heterocycles. The van der Waals surface area contributed by atoms with Gasteiger partial charge in [0.05, 0.1) is 11.5 Å². The first-order valence-electron chi connectivity index (χ1n) is 7.41. The van der Waals surface area contributed by atoms with Crippen LogP contribution in [0.15, 0.2) is 24.3 Å². The maximum Gasteiger partial charge on any atom is 0.317 e. The lowest BCUT2D eigenvalue weighted by Crippen LogP contribution is -2.47. The normalized spacial score (nSPS) is 19.8. The van der Waals surface area contributed by atoms with E-state index >= 15 is 0 Å². The van der Waals surface area contributed by atoms with Crippen molar-refractivity contribution in [2.75, 3.05) is 24.6 Å². The second-order valence-electron chi connectivity index (χ2n) is 5.42. The monoisotopic (exact) mass is 344 g/mol. The Labute approximate surface area is 136 Å². The molecule has 0 spiro atoms. The van der Waals surface area contributed by atoms with E-state index in [1.165, 1.54) is 0 Å². The highest BCUT2D eigenvalue weighted by molar-refractivity contribution is 7.91. The number of nitrogens with zero attached hydrogens (tertiary/aromatic N) is 1. The number of carbonyl (C=O) groups is 1. The van der Waals surface area contributed by atoms with Crippen molar-refractivity contribution in [2.24, 2.45) is 0 Å². The van der Waals surface area contributed by atoms with Crippen molar-refractivity contribution in [1.82, 2.24) is 10.2 Å². The molecule has 1 aliphatic heterocycles. The average molecular weight is 345 g/mol. The highest BCUT2D eigenvalue weighted by Crippen LogP contribution is 2.18. The molecule has 22 heavy (non-hydrogen) atoms. The number of benzene rings is 1. The molecule has 2 amide bonds. The van der Waals surface area contributed by atoms with Crippen LogP contribution in [0.3, 0.4) is 0 Å². The maximum absolute atomic E-state index is 12.2. The van der Waals surface area contributed by atoms with E-state index < -0.39 is 9.84 Å². The van der Waals surface area contributed by atoms with E-state index in [0.717, 1.165) is 5.56 Å². The van der Waals surface area contributed by atoms with Crippen molar-refractivity contribution in [3.05, 3.63) is 34.9 Å². The Balaban J connectivity index is 1.87. The number of hydrogen-bond donors (Lipinski definition) is 1. The molecule has 1 aromatic rings. The molecule has 1 atom stereocenters. The molecule has 7 heteroatoms. The van der Waals surface area contributed by atoms with Crippen LogP contribution < -0.4 is 5.32 Å². The van der Waals surface area contributed by atoms with Gasteiger partial charge in [0.15, 0.2) is 9.84 Å². The van der Waals surface area contributed by atoms with Gasteiger partial charge in [0.1, 0.15) is 0 Å². The molecule has 1 N–H and O–H groups in total. The van der Waals surface area contributed by atoms with Gasteiger partial charge in [-0.05, 0) is 31.4 Å². The minimum Gasteiger partial charge on any atom is -0.338 e. The minimum absolute atomic E-state index is 0.0682. The highest BCUT2D eigenvalue weighted by atomic mass is 35.5. The summed E-state index contributed by atoms with van der Waals surface area (Å²) in [5.74, 6) is 0.236. The molecule has 0 aliphatic carbocycles. The molecule has 0 radical (unpaired) electrons. The minimum atomic E-state index is -2.99. The zero-order valence-electron chi connectivity index (χ0n) is 12.6. The van der Waals surface area contributed by atoms with Crippen molar-refractivity contribution in [3.63, 3.8) is 0 Å². The third-order valence-electron chi connectivity index (χ3n) is 3.88. The topological polar surface area (TPSA) is 66.5 Å². The van der Waals surface area contributed by atoms with Crippen LogP contribution in [-0.4, -0.2) is 50.0 Å². The van der Waals surface area contributed by atoms with Gasteiger partial charge in [-0.15, -0.1) is 0 Å². The molecule has 1 saturated heterocycles. The number of hydrogen-bond acceptors (Lipinski definition) is 3. The van der Waals surface area contributed by atoms with Crippen LogP contribution in [0.25, 0.3) is 0 Å². The summed E-state index contributed by atoms with van der Waals surface area (Å²) in [6.45, 7) is 2.83. The molecule has 0 bridgehead atoms. The van der Waals surface area contributed by atoms with Crippen molar-refractivity contribution in [2.45, 2.75) is 25.8 Å². The SMILES string of the molecule is CCN(C(=O)NCCc1ccccc1Cl)C1CCS(=O)(=O)C1. The van der Waals surface area contributed by atoms with Crippen molar-refractivity contribution >= 4 is 27.5 Å². The lowest BCUT2D eigenvalue weighted by atomic mass is 10.1. The summed E-state index contributed by atoms with van der Waals surface area (Å²) < 4.78 is 23.1. The van der Waals surface area contributed by atoms with Crippen molar-refractivity contribution in [3.8, 4) is 0 Å². The van der Waals surface area contributed by atoms with Gasteiger partial charge >= 0.3 is 6.03 Å². The summed E-state index contributed by atoms with van der Waals surface area (Å²) in [5, 5.41) is 3.53. The number of amides is 2. The molecular weight excluding hydrogens is 324 g/mol. The Morgan fingerprint density at radius 1 is 1.41 bits per heavy atom. The van der Waals surface area contributed by atoms with Crippen LogP contribution in [0.2, 0.25) is 5.02 Å². The Morgan fingerprint density at radius 2 is 2.14 bits per heavy atom. The van der Waals surface area contributed by atoms with Crippen LogP contribution in [0.4, 0.5) is 4.79 Å². The summed E-state index contributed by atoms with van der Waals surface area (Å²) in [4.78, 5) is 13.8. The van der Waals surface area contributed by atoms with Gasteiger partial charge in [-0.25, -0.2) is 13.2 Å². The number of sulfone groups is 1. The number of nitrogens with one attached hydrogen (secondary N) is 1. The quantitative estimate of drug-likeness (QED) is 0.889. The summed E-state index contributed by atoms with van der Waals surface area (Å²) in [6.07, 6.45) is 1.17. The number of rotatable bonds is 5. The molecule has 1 fully saturated rings. The van der Waals surface area contributed by atoms with Crippen molar-refractivity contribution < 1.29 is 13.2 Å². The van der Waals surface area contributed by atoms with Crippen LogP contribution in [-0.2, 0) is 16.3 Å². The molecule has 5 nitrogen and oxygen atoms in total. The number of urea groups is 1. The van der Waals surface area contributed by atoms with Gasteiger partial charge in [0.25, 0.3) is 0 Å². The number of halogens is 1. The zero-order valence-corrected chi connectivity index (χ0v) is 14.2. The molecule has 122 valence electrons. The van der Waals surface area contributed by atoms with Crippen molar-refractivity contribution in [1.29, 1.82) is 0 Å². The second-order valence-corrected chi connectivity index (χ2v) is 8.05. The highest BCUT2D eigenvalue weighted by Gasteiger charge is 2.33. The molecule has 2 rings (SSSR count). The average Bonchev–Trinajstić information content (AvgIpc) is 2.82. The summed E-state index contributed by atoms with van der Waals surface area (Å²) in [7, 11) is -2.99. The number of carbonyl (C=O) groups excluding carboxylic acids is 1. The van der Waals surface area contributed by atoms with Gasteiger partial charge in [-0.3, -0.25) is 0 Å². The summed E-state index contributed by atoms with van der Waals surface area (Å²) in [5.41, 5.74) is 0.982. The first-order valence-corrected chi connectivity index (χ1v) is 9.61. The van der Waals surface area contributed by atoms with E-state index in [-0.39, 0.29) is 23.6 Å². The van der Waals surface area contributed by atoms with Gasteiger partial charge in [-0.1, -0.05) is 29.8 Å². The maximum atomic E-state index is 12.2. The predicted octanol–water partition coefficient (Wildman–Crippen LogP) is 2.10. The smallest absolute Gasteiger partial charge is 0.317 e. The standard InChI is InChI=1S/C15H21ClN2O3S/c1-2-18(13-8-10-22(20,21)11-13)15(19)17-9-7-12-5-3-4-6-14(12)16/h3-6,13H,2,7-11H2,1H3,(H,17,19). The largest absolute Gasteiger partial charge is 0.338 e. The Bertz CT molecular complexity index is 633. The zero-order chi connectivity index (χ0) is 16.2. The van der Waals surface area contributed by atoms with Gasteiger partial charge in [0, 0.05) is 24.2 Å². The molecule has 0 saturated carbocycles. The van der Waals surface area contributed by atoms with E-state index in [2.05, 4.69) is 5.32 Å². The first-order chi connectivity index (χ1) is 10.4. The summed E-state index contributed by atoms with van der Waals surface area (Å²) >= 11 is 6.07. The molecular formula is C15H21ClN2O3S. The molecule has 1 aromatic carbocycles. The van der Waals surface area contributed by atoms with Gasteiger partial charge in [0.2, 0.25) is 0 Å². The lowest BCUT2D eigenvalue weighted by Gasteiger charge is -2.27. The van der Waals surface area contributed by atoms with Crippen LogP contribution in [0.1, 0.15) is 18.9 Å². The molecule has 1 unspecified atom stereocenters. The second kappa shape index (κ2) is 7.33. The Morgan fingerprint density at radius 3 is 2.73 bits per heavy atom. The molecule has 1 heterocycles. The van der Waals surface area contributed by atoms with E-state index in [1.54, 1.807) is 4.90 Å². The van der Waals surface area contributed by atoms with Gasteiger partial charge in [-0.2, -0.15) is 0 Å². The van der Waals surface area contributed by atoms with E-state index in [0.29, 0.717) is 31.0 Å². The third-order valence-corrected chi connectivity index (χ3v) is 6.00. The molecule has 1 aliphatic rings. The third kappa shape index (κ3) is 4.36. The fourth-order valence-electron chi connectivity index (χ4n) is 2.70. The van der Waals surface area contributed by atoms with E-state index in [1.807, 2.05) is 31.2 Å². The van der Waals surface area contributed by atoms with E-state index in [4.69, 9.17) is 11.6 Å². The Kier molecular flexibility index (Phi) is 5.69. The van der Waals surface area contributed by atoms with Crippen LogP contribution >= 0.6 is 11.6 Å². The van der Waals surface area contributed by atoms with Crippen LogP contribution in [0.5, 0.6) is 0 Å². The predicted molar refractivity (Wildman–Crippen MR) is 88.0 cm³/mol. The fraction of sp³-hybridized carbons (Fsp3) is 0.533. The Hall–Kier alpha value is -1.27. The summed E-state index contributed by atoms with van der Waals surface area (Å²) in [6, 6.07) is 7.09. The fourth-order valence-corrected chi connectivity index (χ4v) is 4.66. The van der Waals surface area contributed by atoms with Gasteiger partial charge < -0.3 is 10.2 Å². The van der Waals surface area contributed by atoms with E-state index in [9.17, 15) is 13.2 Å².